The molecule has 0 unspecified atom stereocenters. The Morgan fingerprint density at radius 3 is 3.06 bits per heavy atom. The summed E-state index contributed by atoms with van der Waals surface area (Å²) in [7, 11) is 0. The summed E-state index contributed by atoms with van der Waals surface area (Å²) in [6, 6.07) is 2.60. The summed E-state index contributed by atoms with van der Waals surface area (Å²) >= 11 is 0. The van der Waals surface area contributed by atoms with Crippen molar-refractivity contribution in [3.05, 3.63) is 24.2 Å². The van der Waals surface area contributed by atoms with E-state index in [-0.39, 0.29) is 6.04 Å². The second-order valence-corrected chi connectivity index (χ2v) is 5.09. The Labute approximate surface area is 106 Å². The molecular weight excluding hydrogens is 226 g/mol. The predicted molar refractivity (Wildman–Crippen MR) is 71.6 cm³/mol. The Hall–Kier alpha value is -1.62. The lowest BCUT2D eigenvalue weighted by Gasteiger charge is -2.29. The summed E-state index contributed by atoms with van der Waals surface area (Å²) in [5, 5.41) is 7.88. The molecule has 2 aromatic heterocycles. The molecule has 96 valence electrons. The Kier molecular flexibility index (Phi) is 2.91. The molecule has 1 aliphatic carbocycles. The van der Waals surface area contributed by atoms with Crippen LogP contribution in [-0.4, -0.2) is 26.7 Å². The zero-order valence-corrected chi connectivity index (χ0v) is 10.6. The number of nitrogens with two attached hydrogens (primary N) is 1. The van der Waals surface area contributed by atoms with Gasteiger partial charge in [0.15, 0.2) is 5.82 Å². The zero-order valence-electron chi connectivity index (χ0n) is 10.6. The molecule has 5 nitrogen and oxygen atoms in total. The van der Waals surface area contributed by atoms with Crippen molar-refractivity contribution in [2.45, 2.75) is 44.7 Å². The van der Waals surface area contributed by atoms with Crippen molar-refractivity contribution in [2.24, 2.45) is 5.73 Å². The summed E-state index contributed by atoms with van der Waals surface area (Å²) in [6.07, 6.45) is 8.34. The number of fused-ring (bicyclic) bond motifs is 1. The maximum Gasteiger partial charge on any atom is 0.152 e. The van der Waals surface area contributed by atoms with E-state index in [2.05, 4.69) is 15.4 Å². The summed E-state index contributed by atoms with van der Waals surface area (Å²) < 4.78 is 1.86. The first-order valence-corrected chi connectivity index (χ1v) is 6.57. The van der Waals surface area contributed by atoms with Crippen LogP contribution >= 0.6 is 0 Å². The largest absolute Gasteiger partial charge is 0.364 e. The lowest BCUT2D eigenvalue weighted by molar-refractivity contribution is 0.403. The van der Waals surface area contributed by atoms with Gasteiger partial charge < -0.3 is 11.1 Å². The first-order valence-electron chi connectivity index (χ1n) is 6.57. The van der Waals surface area contributed by atoms with Crippen molar-refractivity contribution in [1.82, 2.24) is 14.6 Å². The maximum absolute atomic E-state index is 6.16. The van der Waals surface area contributed by atoms with Crippen LogP contribution in [0.2, 0.25) is 0 Å². The topological polar surface area (TPSA) is 68.2 Å². The highest BCUT2D eigenvalue weighted by Gasteiger charge is 2.22. The van der Waals surface area contributed by atoms with Gasteiger partial charge in [0, 0.05) is 24.5 Å². The number of nitrogens with zero attached hydrogens (tertiary/aromatic N) is 3. The first kappa shape index (κ1) is 11.5. The predicted octanol–water partition coefficient (Wildman–Crippen LogP) is 1.72. The standard InChI is InChI=1S/C13H19N5/c1-9-8-12-13(15-6-7-18(12)17-9)16-11-5-3-2-4-10(11)14/h6-8,10-11H,2-5,14H2,1H3,(H,15,16)/t10-,11-/m1/s1. The minimum atomic E-state index is 0.227. The fourth-order valence-electron chi connectivity index (χ4n) is 2.67. The van der Waals surface area contributed by atoms with Gasteiger partial charge >= 0.3 is 0 Å². The normalized spacial score (nSPS) is 24.3. The fourth-order valence-corrected chi connectivity index (χ4v) is 2.67. The first-order chi connectivity index (χ1) is 8.74. The molecule has 18 heavy (non-hydrogen) atoms. The Morgan fingerprint density at radius 2 is 2.22 bits per heavy atom. The highest BCUT2D eigenvalue weighted by atomic mass is 15.2. The van der Waals surface area contributed by atoms with Crippen molar-refractivity contribution in [1.29, 1.82) is 0 Å². The van der Waals surface area contributed by atoms with E-state index in [1.165, 1.54) is 12.8 Å². The van der Waals surface area contributed by atoms with Crippen LogP contribution in [-0.2, 0) is 0 Å². The van der Waals surface area contributed by atoms with Gasteiger partial charge in [-0.2, -0.15) is 5.10 Å². The van der Waals surface area contributed by atoms with Crippen molar-refractivity contribution in [3.63, 3.8) is 0 Å². The van der Waals surface area contributed by atoms with Gasteiger partial charge in [-0.3, -0.25) is 0 Å². The summed E-state index contributed by atoms with van der Waals surface area (Å²) in [4.78, 5) is 4.42. The summed E-state index contributed by atoms with van der Waals surface area (Å²) in [5.74, 6) is 0.889. The van der Waals surface area contributed by atoms with Crippen molar-refractivity contribution >= 4 is 11.3 Å². The van der Waals surface area contributed by atoms with E-state index in [0.717, 1.165) is 29.9 Å². The molecule has 0 radical (unpaired) electrons. The van der Waals surface area contributed by atoms with Gasteiger partial charge in [0.1, 0.15) is 5.52 Å². The van der Waals surface area contributed by atoms with Gasteiger partial charge in [-0.15, -0.1) is 0 Å². The average molecular weight is 245 g/mol. The Morgan fingerprint density at radius 1 is 1.39 bits per heavy atom. The fraction of sp³-hybridized carbons (Fsp3) is 0.538. The number of hydrogen-bond donors (Lipinski definition) is 2. The van der Waals surface area contributed by atoms with Gasteiger partial charge in [-0.05, 0) is 25.8 Å². The number of rotatable bonds is 2. The monoisotopic (exact) mass is 245 g/mol. The third-order valence-electron chi connectivity index (χ3n) is 3.65. The smallest absolute Gasteiger partial charge is 0.152 e. The second kappa shape index (κ2) is 4.57. The minimum Gasteiger partial charge on any atom is -0.364 e. The van der Waals surface area contributed by atoms with Crippen LogP contribution in [0.4, 0.5) is 5.82 Å². The molecule has 2 heterocycles. The average Bonchev–Trinajstić information content (AvgIpc) is 2.73. The molecule has 0 spiro atoms. The van der Waals surface area contributed by atoms with Gasteiger partial charge in [-0.1, -0.05) is 12.8 Å². The number of hydrogen-bond acceptors (Lipinski definition) is 4. The van der Waals surface area contributed by atoms with E-state index >= 15 is 0 Å². The molecule has 1 aliphatic rings. The molecule has 2 atom stereocenters. The molecule has 5 heteroatoms. The van der Waals surface area contributed by atoms with E-state index in [1.54, 1.807) is 6.20 Å². The van der Waals surface area contributed by atoms with Crippen LogP contribution < -0.4 is 11.1 Å². The highest BCUT2D eigenvalue weighted by Crippen LogP contribution is 2.22. The number of aryl methyl sites for hydroxylation is 1. The molecule has 0 saturated heterocycles. The van der Waals surface area contributed by atoms with E-state index in [1.807, 2.05) is 23.7 Å². The Balaban J connectivity index is 1.89. The molecule has 0 bridgehead atoms. The quantitative estimate of drug-likeness (QED) is 0.845. The minimum absolute atomic E-state index is 0.227. The molecule has 0 amide bonds. The number of nitrogens with one attached hydrogen (secondary N) is 1. The van der Waals surface area contributed by atoms with Crippen molar-refractivity contribution in [2.75, 3.05) is 5.32 Å². The molecule has 0 aliphatic heterocycles. The van der Waals surface area contributed by atoms with Gasteiger partial charge in [0.2, 0.25) is 0 Å². The van der Waals surface area contributed by atoms with E-state index in [9.17, 15) is 0 Å². The third-order valence-corrected chi connectivity index (χ3v) is 3.65. The molecule has 1 fully saturated rings. The number of aromatic nitrogens is 3. The number of anilines is 1. The second-order valence-electron chi connectivity index (χ2n) is 5.09. The van der Waals surface area contributed by atoms with Crippen LogP contribution in [0.3, 0.4) is 0 Å². The third kappa shape index (κ3) is 2.06. The molecule has 1 saturated carbocycles. The van der Waals surface area contributed by atoms with E-state index < -0.39 is 0 Å². The van der Waals surface area contributed by atoms with Gasteiger partial charge in [0.05, 0.1) is 5.69 Å². The molecule has 3 N–H and O–H groups in total. The van der Waals surface area contributed by atoms with Crippen molar-refractivity contribution < 1.29 is 0 Å². The molecular formula is C13H19N5. The zero-order chi connectivity index (χ0) is 12.5. The molecule has 3 rings (SSSR count). The lowest BCUT2D eigenvalue weighted by Crippen LogP contribution is -2.42. The summed E-state index contributed by atoms with van der Waals surface area (Å²) in [6.45, 7) is 1.99. The maximum atomic E-state index is 6.16. The summed E-state index contributed by atoms with van der Waals surface area (Å²) in [5.41, 5.74) is 8.18. The molecule has 0 aromatic carbocycles. The SMILES string of the molecule is Cc1cc2c(N[C@@H]3CCCC[C@H]3N)nccn2n1. The Bertz CT molecular complexity index is 547. The lowest BCUT2D eigenvalue weighted by atomic mass is 9.91. The van der Waals surface area contributed by atoms with E-state index in [0.29, 0.717) is 6.04 Å². The van der Waals surface area contributed by atoms with Crippen LogP contribution in [0.15, 0.2) is 18.5 Å². The van der Waals surface area contributed by atoms with E-state index in [4.69, 9.17) is 5.73 Å². The van der Waals surface area contributed by atoms with Crippen molar-refractivity contribution in [3.8, 4) is 0 Å². The van der Waals surface area contributed by atoms with Gasteiger partial charge in [-0.25, -0.2) is 9.50 Å². The molecule has 2 aromatic rings. The van der Waals surface area contributed by atoms with Crippen LogP contribution in [0.5, 0.6) is 0 Å². The highest BCUT2D eigenvalue weighted by molar-refractivity contribution is 5.68. The van der Waals surface area contributed by atoms with Crippen LogP contribution in [0, 0.1) is 6.92 Å². The van der Waals surface area contributed by atoms with Crippen LogP contribution in [0.25, 0.3) is 5.52 Å². The van der Waals surface area contributed by atoms with Crippen LogP contribution in [0.1, 0.15) is 31.4 Å². The van der Waals surface area contributed by atoms with Gasteiger partial charge in [0.25, 0.3) is 0 Å².